The Labute approximate surface area is 193 Å². The molecular weight excluding hydrogens is 416 g/mol. The number of aromatic nitrogens is 3. The number of hydrogen-bond donors (Lipinski definition) is 1. The van der Waals surface area contributed by atoms with Crippen LogP contribution in [-0.4, -0.2) is 53.5 Å². The van der Waals surface area contributed by atoms with Crippen LogP contribution in [0.15, 0.2) is 66.9 Å². The molecule has 0 radical (unpaired) electrons. The van der Waals surface area contributed by atoms with Gasteiger partial charge in [0.1, 0.15) is 17.6 Å². The van der Waals surface area contributed by atoms with Gasteiger partial charge >= 0.3 is 0 Å². The maximum Gasteiger partial charge on any atom is 0.119 e. The molecule has 1 fully saturated rings. The van der Waals surface area contributed by atoms with Crippen molar-refractivity contribution in [2.24, 2.45) is 0 Å². The standard InChI is InChI=1S/C26H28N4O3/c1-31-22-5-7-23(8-6-22)32-13-10-21-16-25(29-28-21)26-18-30(12-14-33-26)17-19-4-9-24-20(15-19)3-2-11-27-24/h2-9,11,15-16,26H,10,12-14,17-18H2,1H3,(H,28,29). The second kappa shape index (κ2) is 10.0. The van der Waals surface area contributed by atoms with E-state index in [0.717, 1.165) is 54.5 Å². The van der Waals surface area contributed by atoms with Gasteiger partial charge in [0.2, 0.25) is 0 Å². The van der Waals surface area contributed by atoms with E-state index in [1.165, 1.54) is 10.9 Å². The fourth-order valence-corrected chi connectivity index (χ4v) is 4.13. The minimum Gasteiger partial charge on any atom is -0.497 e. The number of hydrogen-bond acceptors (Lipinski definition) is 6. The number of nitrogens with one attached hydrogen (secondary N) is 1. The van der Waals surface area contributed by atoms with Gasteiger partial charge in [0.15, 0.2) is 0 Å². The summed E-state index contributed by atoms with van der Waals surface area (Å²) in [7, 11) is 1.65. The summed E-state index contributed by atoms with van der Waals surface area (Å²) in [5.74, 6) is 1.64. The van der Waals surface area contributed by atoms with Crippen LogP contribution in [0.1, 0.15) is 23.1 Å². The molecule has 3 heterocycles. The van der Waals surface area contributed by atoms with Crippen molar-refractivity contribution >= 4 is 10.9 Å². The average molecular weight is 445 g/mol. The summed E-state index contributed by atoms with van der Waals surface area (Å²) in [6.07, 6.45) is 2.55. The number of morpholine rings is 1. The van der Waals surface area contributed by atoms with E-state index in [-0.39, 0.29) is 6.10 Å². The second-order valence-electron chi connectivity index (χ2n) is 8.22. The van der Waals surface area contributed by atoms with Crippen molar-refractivity contribution in [3.05, 3.63) is 83.8 Å². The van der Waals surface area contributed by atoms with E-state index in [1.807, 2.05) is 36.5 Å². The van der Waals surface area contributed by atoms with Gasteiger partial charge in [0.25, 0.3) is 0 Å². The first-order valence-electron chi connectivity index (χ1n) is 11.3. The lowest BCUT2D eigenvalue weighted by Crippen LogP contribution is -2.37. The summed E-state index contributed by atoms with van der Waals surface area (Å²) in [6.45, 7) is 3.88. The van der Waals surface area contributed by atoms with Crippen molar-refractivity contribution in [2.75, 3.05) is 33.4 Å². The molecule has 1 aliphatic rings. The molecule has 0 spiro atoms. The van der Waals surface area contributed by atoms with E-state index < -0.39 is 0 Å². The van der Waals surface area contributed by atoms with E-state index >= 15 is 0 Å². The third-order valence-corrected chi connectivity index (χ3v) is 5.90. The molecule has 0 amide bonds. The Morgan fingerprint density at radius 3 is 2.85 bits per heavy atom. The van der Waals surface area contributed by atoms with Crippen LogP contribution in [0.2, 0.25) is 0 Å². The third kappa shape index (κ3) is 5.32. The lowest BCUT2D eigenvalue weighted by Gasteiger charge is -2.32. The lowest BCUT2D eigenvalue weighted by atomic mass is 10.1. The van der Waals surface area contributed by atoms with Crippen molar-refractivity contribution in [1.29, 1.82) is 0 Å². The molecular formula is C26H28N4O3. The van der Waals surface area contributed by atoms with Crippen LogP contribution in [-0.2, 0) is 17.7 Å². The fraction of sp³-hybridized carbons (Fsp3) is 0.308. The number of pyridine rings is 1. The molecule has 2 aromatic carbocycles. The SMILES string of the molecule is COc1ccc(OCCc2cc(C3CN(Cc4ccc5ncccc5c4)CCO3)n[nH]2)cc1. The molecule has 0 bridgehead atoms. The minimum atomic E-state index is -0.0339. The highest BCUT2D eigenvalue weighted by atomic mass is 16.5. The molecule has 1 unspecified atom stereocenters. The highest BCUT2D eigenvalue weighted by Gasteiger charge is 2.24. The number of fused-ring (bicyclic) bond motifs is 1. The summed E-state index contributed by atoms with van der Waals surface area (Å²) in [4.78, 5) is 6.83. The second-order valence-corrected chi connectivity index (χ2v) is 8.22. The van der Waals surface area contributed by atoms with Crippen LogP contribution >= 0.6 is 0 Å². The van der Waals surface area contributed by atoms with Crippen LogP contribution in [0.3, 0.4) is 0 Å². The molecule has 0 aliphatic carbocycles. The van der Waals surface area contributed by atoms with Crippen molar-refractivity contribution in [3.63, 3.8) is 0 Å². The van der Waals surface area contributed by atoms with Crippen LogP contribution < -0.4 is 9.47 Å². The molecule has 1 aliphatic heterocycles. The van der Waals surface area contributed by atoms with Gasteiger partial charge in [-0.3, -0.25) is 15.0 Å². The Morgan fingerprint density at radius 1 is 1.09 bits per heavy atom. The highest BCUT2D eigenvalue weighted by molar-refractivity contribution is 5.78. The zero-order valence-electron chi connectivity index (χ0n) is 18.7. The van der Waals surface area contributed by atoms with Crippen LogP contribution in [0.25, 0.3) is 10.9 Å². The zero-order chi connectivity index (χ0) is 22.5. The molecule has 7 nitrogen and oxygen atoms in total. The third-order valence-electron chi connectivity index (χ3n) is 5.90. The summed E-state index contributed by atoms with van der Waals surface area (Å²) in [5, 5.41) is 8.82. The Morgan fingerprint density at radius 2 is 1.97 bits per heavy atom. The van der Waals surface area contributed by atoms with Crippen LogP contribution in [0.5, 0.6) is 11.5 Å². The van der Waals surface area contributed by atoms with Gasteiger partial charge in [0.05, 0.1) is 31.5 Å². The van der Waals surface area contributed by atoms with Crippen molar-refractivity contribution in [3.8, 4) is 11.5 Å². The van der Waals surface area contributed by atoms with E-state index in [0.29, 0.717) is 13.2 Å². The van der Waals surface area contributed by atoms with E-state index in [9.17, 15) is 0 Å². The van der Waals surface area contributed by atoms with Gasteiger partial charge in [-0.15, -0.1) is 0 Å². The summed E-state index contributed by atoms with van der Waals surface area (Å²) in [6, 6.07) is 20.3. The smallest absolute Gasteiger partial charge is 0.119 e. The zero-order valence-corrected chi connectivity index (χ0v) is 18.7. The van der Waals surface area contributed by atoms with Crippen molar-refractivity contribution in [2.45, 2.75) is 19.1 Å². The monoisotopic (exact) mass is 444 g/mol. The van der Waals surface area contributed by atoms with E-state index in [4.69, 9.17) is 14.2 Å². The van der Waals surface area contributed by atoms with E-state index in [2.05, 4.69) is 50.4 Å². The van der Waals surface area contributed by atoms with Gasteiger partial charge in [-0.1, -0.05) is 12.1 Å². The Kier molecular flexibility index (Phi) is 6.51. The lowest BCUT2D eigenvalue weighted by molar-refractivity contribution is -0.0350. The summed E-state index contributed by atoms with van der Waals surface area (Å²) < 4.78 is 17.0. The Balaban J connectivity index is 1.15. The molecule has 1 saturated heterocycles. The Bertz CT molecular complexity index is 1190. The van der Waals surface area contributed by atoms with Gasteiger partial charge in [0, 0.05) is 43.3 Å². The minimum absolute atomic E-state index is 0.0339. The Hall–Kier alpha value is -3.42. The number of rotatable bonds is 8. The largest absolute Gasteiger partial charge is 0.497 e. The predicted molar refractivity (Wildman–Crippen MR) is 126 cm³/mol. The molecule has 4 aromatic rings. The number of ether oxygens (including phenoxy) is 3. The first kappa shape index (κ1) is 21.4. The summed E-state index contributed by atoms with van der Waals surface area (Å²) in [5.41, 5.74) is 4.30. The maximum absolute atomic E-state index is 6.03. The van der Waals surface area contributed by atoms with Gasteiger partial charge < -0.3 is 14.2 Å². The molecule has 170 valence electrons. The van der Waals surface area contributed by atoms with Crippen molar-refractivity contribution < 1.29 is 14.2 Å². The first-order valence-corrected chi connectivity index (χ1v) is 11.3. The number of nitrogens with zero attached hydrogens (tertiary/aromatic N) is 3. The normalized spacial score (nSPS) is 16.7. The molecule has 1 N–H and O–H groups in total. The molecule has 1 atom stereocenters. The van der Waals surface area contributed by atoms with Crippen LogP contribution in [0.4, 0.5) is 0 Å². The van der Waals surface area contributed by atoms with Gasteiger partial charge in [-0.2, -0.15) is 5.10 Å². The quantitative estimate of drug-likeness (QED) is 0.440. The number of H-pyrrole nitrogens is 1. The maximum atomic E-state index is 6.03. The molecule has 0 saturated carbocycles. The molecule has 5 rings (SSSR count). The molecule has 7 heteroatoms. The number of methoxy groups -OCH3 is 1. The number of benzene rings is 2. The van der Waals surface area contributed by atoms with E-state index in [1.54, 1.807) is 7.11 Å². The molecule has 33 heavy (non-hydrogen) atoms. The van der Waals surface area contributed by atoms with Gasteiger partial charge in [-0.05, 0) is 54.1 Å². The highest BCUT2D eigenvalue weighted by Crippen LogP contribution is 2.24. The summed E-state index contributed by atoms with van der Waals surface area (Å²) >= 11 is 0. The molecule has 2 aromatic heterocycles. The van der Waals surface area contributed by atoms with Crippen molar-refractivity contribution in [1.82, 2.24) is 20.1 Å². The van der Waals surface area contributed by atoms with Gasteiger partial charge in [-0.25, -0.2) is 0 Å². The average Bonchev–Trinajstić information content (AvgIpc) is 3.34. The fourth-order valence-electron chi connectivity index (χ4n) is 4.13. The number of aromatic amines is 1. The first-order chi connectivity index (χ1) is 16.3. The van der Waals surface area contributed by atoms with Crippen LogP contribution in [0, 0.1) is 0 Å². The topological polar surface area (TPSA) is 72.5 Å². The predicted octanol–water partition coefficient (Wildman–Crippen LogP) is 4.16.